The summed E-state index contributed by atoms with van der Waals surface area (Å²) in [5.74, 6) is 0.655. The first-order valence-corrected chi connectivity index (χ1v) is 9.75. The van der Waals surface area contributed by atoms with Gasteiger partial charge >= 0.3 is 0 Å². The van der Waals surface area contributed by atoms with Gasteiger partial charge in [-0.15, -0.1) is 0 Å². The Hall–Kier alpha value is -2.03. The van der Waals surface area contributed by atoms with Crippen molar-refractivity contribution in [3.8, 4) is 0 Å². The van der Waals surface area contributed by atoms with E-state index < -0.39 is 5.60 Å². The second kappa shape index (κ2) is 8.33. The molecule has 0 bridgehead atoms. The number of aliphatic hydroxyl groups is 1. The van der Waals surface area contributed by atoms with Crippen molar-refractivity contribution in [2.45, 2.75) is 50.5 Å². The van der Waals surface area contributed by atoms with Gasteiger partial charge in [0, 0.05) is 63.1 Å². The largest absolute Gasteiger partial charge is 0.388 e. The molecular weight excluding hydrogens is 344 g/mol. The van der Waals surface area contributed by atoms with E-state index in [9.17, 15) is 5.11 Å². The Morgan fingerprint density at radius 1 is 1.26 bits per heavy atom. The molecular formula is C19H28N6O2. The molecule has 2 aliphatic rings. The first-order valence-electron chi connectivity index (χ1n) is 9.75. The molecule has 2 N–H and O–H groups in total. The molecule has 0 saturated carbocycles. The second-order valence-corrected chi connectivity index (χ2v) is 7.67. The summed E-state index contributed by atoms with van der Waals surface area (Å²) in [5, 5.41) is 14.0. The molecule has 2 fully saturated rings. The van der Waals surface area contributed by atoms with Crippen molar-refractivity contribution in [1.82, 2.24) is 24.4 Å². The van der Waals surface area contributed by atoms with Gasteiger partial charge in [-0.3, -0.25) is 4.90 Å². The Morgan fingerprint density at radius 3 is 2.74 bits per heavy atom. The Morgan fingerprint density at radius 2 is 2.07 bits per heavy atom. The number of hydrogen-bond donors (Lipinski definition) is 2. The summed E-state index contributed by atoms with van der Waals surface area (Å²) < 4.78 is 7.55. The highest BCUT2D eigenvalue weighted by Gasteiger charge is 2.32. The van der Waals surface area contributed by atoms with Crippen LogP contribution < -0.4 is 5.32 Å². The van der Waals surface area contributed by atoms with Crippen LogP contribution >= 0.6 is 0 Å². The molecule has 2 aliphatic heterocycles. The van der Waals surface area contributed by atoms with Gasteiger partial charge in [0.25, 0.3) is 0 Å². The molecule has 0 amide bonds. The van der Waals surface area contributed by atoms with E-state index in [0.29, 0.717) is 12.5 Å². The topological polar surface area (TPSA) is 88.3 Å². The lowest BCUT2D eigenvalue weighted by Crippen LogP contribution is -2.46. The number of nitrogens with one attached hydrogen (secondary N) is 1. The number of imidazole rings is 1. The molecule has 0 radical (unpaired) electrons. The minimum absolute atomic E-state index is 0.280. The Kier molecular flexibility index (Phi) is 5.66. The summed E-state index contributed by atoms with van der Waals surface area (Å²) >= 11 is 0. The minimum Gasteiger partial charge on any atom is -0.388 e. The van der Waals surface area contributed by atoms with Crippen molar-refractivity contribution in [1.29, 1.82) is 0 Å². The van der Waals surface area contributed by atoms with Crippen molar-refractivity contribution in [3.05, 3.63) is 36.7 Å². The summed E-state index contributed by atoms with van der Waals surface area (Å²) in [6, 6.07) is 0. The highest BCUT2D eigenvalue weighted by atomic mass is 16.5. The highest BCUT2D eigenvalue weighted by Crippen LogP contribution is 2.25. The third-order valence-corrected chi connectivity index (χ3v) is 5.45. The predicted molar refractivity (Wildman–Crippen MR) is 101 cm³/mol. The average molecular weight is 372 g/mol. The number of anilines is 1. The maximum absolute atomic E-state index is 10.8. The standard InChI is InChI=1S/C19H28N6O2/c26-19(14-25-8-5-20-15-25)3-6-24(7-4-19)13-16-10-21-18(22-11-16)23-12-17-2-1-9-27-17/h5,8,10-11,15,17,26H,1-4,6-7,9,12-14H2,(H,21,22,23). The van der Waals surface area contributed by atoms with Crippen LogP contribution in [0.2, 0.25) is 0 Å². The maximum Gasteiger partial charge on any atom is 0.222 e. The zero-order chi connectivity index (χ0) is 18.5. The van der Waals surface area contributed by atoms with Crippen molar-refractivity contribution in [2.75, 3.05) is 31.6 Å². The van der Waals surface area contributed by atoms with Crippen LogP contribution in [-0.4, -0.2) is 67.5 Å². The molecule has 0 spiro atoms. The Labute approximate surface area is 159 Å². The SMILES string of the molecule is OC1(Cn2ccnc2)CCN(Cc2cnc(NCC3CCCO3)nc2)CC1. The lowest BCUT2D eigenvalue weighted by atomic mass is 9.91. The van der Waals surface area contributed by atoms with Crippen molar-refractivity contribution in [2.24, 2.45) is 0 Å². The molecule has 1 unspecified atom stereocenters. The van der Waals surface area contributed by atoms with Crippen LogP contribution in [0.25, 0.3) is 0 Å². The number of rotatable bonds is 7. The van der Waals surface area contributed by atoms with E-state index in [-0.39, 0.29) is 6.10 Å². The van der Waals surface area contributed by atoms with Gasteiger partial charge in [-0.2, -0.15) is 0 Å². The van der Waals surface area contributed by atoms with E-state index in [1.54, 1.807) is 12.5 Å². The van der Waals surface area contributed by atoms with Gasteiger partial charge in [0.05, 0.1) is 24.6 Å². The molecule has 0 aromatic carbocycles. The molecule has 2 saturated heterocycles. The first kappa shape index (κ1) is 18.3. The minimum atomic E-state index is -0.649. The smallest absolute Gasteiger partial charge is 0.222 e. The average Bonchev–Trinajstić information content (AvgIpc) is 3.37. The van der Waals surface area contributed by atoms with Crippen LogP contribution in [0.4, 0.5) is 5.95 Å². The summed E-state index contributed by atoms with van der Waals surface area (Å²) in [6.07, 6.45) is 13.2. The number of nitrogens with zero attached hydrogens (tertiary/aromatic N) is 5. The lowest BCUT2D eigenvalue weighted by molar-refractivity contribution is -0.0358. The monoisotopic (exact) mass is 372 g/mol. The van der Waals surface area contributed by atoms with Crippen molar-refractivity contribution < 1.29 is 9.84 Å². The van der Waals surface area contributed by atoms with Gasteiger partial charge in [0.15, 0.2) is 0 Å². The van der Waals surface area contributed by atoms with E-state index in [1.165, 1.54) is 0 Å². The summed E-state index contributed by atoms with van der Waals surface area (Å²) in [5.41, 5.74) is 0.446. The number of ether oxygens (including phenoxy) is 1. The van der Waals surface area contributed by atoms with Gasteiger partial charge in [0.1, 0.15) is 0 Å². The maximum atomic E-state index is 10.8. The van der Waals surface area contributed by atoms with Gasteiger partial charge in [-0.05, 0) is 25.7 Å². The number of aromatic nitrogens is 4. The van der Waals surface area contributed by atoms with Crippen LogP contribution in [0.15, 0.2) is 31.1 Å². The number of likely N-dealkylation sites (tertiary alicyclic amines) is 1. The third-order valence-electron chi connectivity index (χ3n) is 5.45. The van der Waals surface area contributed by atoms with Crippen LogP contribution in [0.5, 0.6) is 0 Å². The fourth-order valence-corrected chi connectivity index (χ4v) is 3.80. The van der Waals surface area contributed by atoms with E-state index >= 15 is 0 Å². The van der Waals surface area contributed by atoms with Gasteiger partial charge in [-0.1, -0.05) is 0 Å². The van der Waals surface area contributed by atoms with Gasteiger partial charge in [0.2, 0.25) is 5.95 Å². The highest BCUT2D eigenvalue weighted by molar-refractivity contribution is 5.25. The van der Waals surface area contributed by atoms with Crippen LogP contribution in [0.1, 0.15) is 31.2 Å². The van der Waals surface area contributed by atoms with Gasteiger partial charge < -0.3 is 19.7 Å². The molecule has 27 heavy (non-hydrogen) atoms. The normalized spacial score (nSPS) is 22.8. The fraction of sp³-hybridized carbons (Fsp3) is 0.632. The van der Waals surface area contributed by atoms with Gasteiger partial charge in [-0.25, -0.2) is 15.0 Å². The van der Waals surface area contributed by atoms with Crippen molar-refractivity contribution >= 4 is 5.95 Å². The zero-order valence-electron chi connectivity index (χ0n) is 15.6. The molecule has 4 rings (SSSR count). The number of hydrogen-bond acceptors (Lipinski definition) is 7. The second-order valence-electron chi connectivity index (χ2n) is 7.67. The third kappa shape index (κ3) is 5.03. The Balaban J connectivity index is 1.22. The molecule has 146 valence electrons. The van der Waals surface area contributed by atoms with Crippen LogP contribution in [-0.2, 0) is 17.8 Å². The van der Waals surface area contributed by atoms with E-state index in [2.05, 4.69) is 25.2 Å². The van der Waals surface area contributed by atoms with E-state index in [0.717, 1.165) is 64.0 Å². The number of piperidine rings is 1. The molecule has 8 nitrogen and oxygen atoms in total. The molecule has 2 aromatic heterocycles. The fourth-order valence-electron chi connectivity index (χ4n) is 3.80. The van der Waals surface area contributed by atoms with Crippen LogP contribution in [0.3, 0.4) is 0 Å². The molecule has 0 aliphatic carbocycles. The quantitative estimate of drug-likeness (QED) is 0.757. The molecule has 1 atom stereocenters. The molecule has 8 heteroatoms. The Bertz CT molecular complexity index is 691. The lowest BCUT2D eigenvalue weighted by Gasteiger charge is -2.38. The molecule has 4 heterocycles. The molecule has 2 aromatic rings. The summed E-state index contributed by atoms with van der Waals surface area (Å²) in [7, 11) is 0. The van der Waals surface area contributed by atoms with E-state index in [1.807, 2.05) is 23.2 Å². The predicted octanol–water partition coefficient (Wildman–Crippen LogP) is 1.29. The summed E-state index contributed by atoms with van der Waals surface area (Å²) in [6.45, 7) is 4.77. The zero-order valence-corrected chi connectivity index (χ0v) is 15.6. The summed E-state index contributed by atoms with van der Waals surface area (Å²) in [4.78, 5) is 15.2. The first-order chi connectivity index (χ1) is 13.2. The van der Waals surface area contributed by atoms with Crippen molar-refractivity contribution in [3.63, 3.8) is 0 Å². The van der Waals surface area contributed by atoms with E-state index in [4.69, 9.17) is 4.74 Å². The van der Waals surface area contributed by atoms with Crippen LogP contribution in [0, 0.1) is 0 Å².